The van der Waals surface area contributed by atoms with Crippen molar-refractivity contribution in [3.8, 4) is 11.5 Å². The van der Waals surface area contributed by atoms with E-state index in [0.717, 1.165) is 12.8 Å². The third kappa shape index (κ3) is 3.30. The van der Waals surface area contributed by atoms with Gasteiger partial charge in [-0.25, -0.2) is 0 Å². The van der Waals surface area contributed by atoms with Gasteiger partial charge in [0.15, 0.2) is 11.5 Å². The Morgan fingerprint density at radius 3 is 2.79 bits per heavy atom. The van der Waals surface area contributed by atoms with E-state index in [4.69, 9.17) is 21.4 Å². The van der Waals surface area contributed by atoms with Gasteiger partial charge in [0, 0.05) is 23.2 Å². The number of aromatic hydroxyl groups is 1. The molecule has 0 spiro atoms. The second-order valence-corrected chi connectivity index (χ2v) is 5.09. The molecule has 0 radical (unpaired) electrons. The molecule has 1 aliphatic rings. The molecular weight excluding hydrogens is 270 g/mol. The Balaban J connectivity index is 2.10. The molecule has 0 amide bonds. The molecule has 5 nitrogen and oxygen atoms in total. The Bertz CT molecular complexity index is 488. The van der Waals surface area contributed by atoms with Gasteiger partial charge in [-0.2, -0.15) is 0 Å². The molecule has 0 aliphatic heterocycles. The first-order chi connectivity index (χ1) is 9.02. The summed E-state index contributed by atoms with van der Waals surface area (Å²) >= 11 is 5.92. The quantitative estimate of drug-likeness (QED) is 0.745. The molecule has 1 aliphatic carbocycles. The fraction of sp³-hybridized carbons (Fsp3) is 0.462. The van der Waals surface area contributed by atoms with E-state index in [0.29, 0.717) is 10.6 Å². The number of aliphatic carboxylic acids is 1. The number of nitrogens with one attached hydrogen (secondary N) is 1. The van der Waals surface area contributed by atoms with Crippen molar-refractivity contribution in [1.82, 2.24) is 5.32 Å². The van der Waals surface area contributed by atoms with Crippen LogP contribution < -0.4 is 10.1 Å². The molecule has 1 saturated carbocycles. The Kier molecular flexibility index (Phi) is 4.17. The number of hydrogen-bond acceptors (Lipinski definition) is 4. The third-order valence-corrected chi connectivity index (χ3v) is 3.43. The highest BCUT2D eigenvalue weighted by Crippen LogP contribution is 2.35. The van der Waals surface area contributed by atoms with Crippen LogP contribution in [0.3, 0.4) is 0 Å². The Labute approximate surface area is 116 Å². The lowest BCUT2D eigenvalue weighted by molar-refractivity contribution is -0.140. The van der Waals surface area contributed by atoms with E-state index in [1.54, 1.807) is 6.07 Å². The average Bonchev–Trinajstić information content (AvgIpc) is 3.17. The van der Waals surface area contributed by atoms with Crippen LogP contribution in [0.2, 0.25) is 5.02 Å². The minimum Gasteiger partial charge on any atom is -0.504 e. The van der Waals surface area contributed by atoms with Crippen LogP contribution >= 0.6 is 11.6 Å². The van der Waals surface area contributed by atoms with Gasteiger partial charge in [0.05, 0.1) is 7.11 Å². The van der Waals surface area contributed by atoms with Gasteiger partial charge in [0.25, 0.3) is 0 Å². The van der Waals surface area contributed by atoms with E-state index in [9.17, 15) is 9.90 Å². The van der Waals surface area contributed by atoms with Gasteiger partial charge in [0.2, 0.25) is 0 Å². The average molecular weight is 286 g/mol. The lowest BCUT2D eigenvalue weighted by Crippen LogP contribution is -2.38. The number of hydrogen-bond donors (Lipinski definition) is 3. The van der Waals surface area contributed by atoms with Crippen LogP contribution in [-0.4, -0.2) is 29.3 Å². The van der Waals surface area contributed by atoms with Gasteiger partial charge in [-0.05, 0) is 24.8 Å². The first-order valence-electron chi connectivity index (χ1n) is 6.04. The van der Waals surface area contributed by atoms with Gasteiger partial charge in [0.1, 0.15) is 6.04 Å². The first kappa shape index (κ1) is 14.0. The van der Waals surface area contributed by atoms with Crippen LogP contribution in [-0.2, 0) is 11.3 Å². The lowest BCUT2D eigenvalue weighted by atomic mass is 10.1. The van der Waals surface area contributed by atoms with Crippen molar-refractivity contribution < 1.29 is 19.7 Å². The Morgan fingerprint density at radius 2 is 2.26 bits per heavy atom. The Hall–Kier alpha value is -1.46. The molecule has 1 aromatic rings. The Morgan fingerprint density at radius 1 is 1.58 bits per heavy atom. The lowest BCUT2D eigenvalue weighted by Gasteiger charge is -2.15. The topological polar surface area (TPSA) is 78.8 Å². The summed E-state index contributed by atoms with van der Waals surface area (Å²) in [6.07, 6.45) is 1.85. The minimum atomic E-state index is -0.865. The first-order valence-corrected chi connectivity index (χ1v) is 6.42. The number of carboxylic acids is 1. The maximum absolute atomic E-state index is 11.1. The number of carbonyl (C=O) groups is 1. The summed E-state index contributed by atoms with van der Waals surface area (Å²) in [5, 5.41) is 22.4. The number of rotatable bonds is 6. The third-order valence-electron chi connectivity index (χ3n) is 3.21. The summed E-state index contributed by atoms with van der Waals surface area (Å²) < 4.78 is 5.00. The summed E-state index contributed by atoms with van der Waals surface area (Å²) in [6.45, 7) is 0.232. The van der Waals surface area contributed by atoms with E-state index in [2.05, 4.69) is 5.32 Å². The monoisotopic (exact) mass is 285 g/mol. The summed E-state index contributed by atoms with van der Waals surface area (Å²) in [6, 6.07) is 2.53. The minimum absolute atomic E-state index is 0.0145. The fourth-order valence-electron chi connectivity index (χ4n) is 2.02. The smallest absolute Gasteiger partial charge is 0.320 e. The molecular formula is C13H16ClNO4. The molecule has 2 rings (SSSR count). The zero-order valence-corrected chi connectivity index (χ0v) is 11.3. The number of phenols is 1. The van der Waals surface area contributed by atoms with E-state index >= 15 is 0 Å². The summed E-state index contributed by atoms with van der Waals surface area (Å²) in [5.74, 6) is -0.418. The molecule has 0 aromatic heterocycles. The number of phenolic OH excluding ortho intramolecular Hbond substituents is 1. The highest BCUT2D eigenvalue weighted by molar-refractivity contribution is 6.30. The van der Waals surface area contributed by atoms with Crippen LogP contribution in [0.4, 0.5) is 0 Å². The van der Waals surface area contributed by atoms with E-state index < -0.39 is 12.0 Å². The molecule has 1 unspecified atom stereocenters. The zero-order chi connectivity index (χ0) is 14.0. The standard InChI is InChI=1S/C13H16ClNO4/c1-19-10-5-9(14)4-8(12(10)16)6-15-11(13(17)18)7-2-3-7/h4-5,7,11,15-16H,2-3,6H2,1H3,(H,17,18). The molecule has 1 aromatic carbocycles. The van der Waals surface area contributed by atoms with Gasteiger partial charge < -0.3 is 14.9 Å². The second kappa shape index (κ2) is 5.67. The van der Waals surface area contributed by atoms with Gasteiger partial charge in [-0.1, -0.05) is 11.6 Å². The molecule has 6 heteroatoms. The predicted octanol–water partition coefficient (Wildman–Crippen LogP) is 2.01. The summed E-state index contributed by atoms with van der Waals surface area (Å²) in [7, 11) is 1.44. The van der Waals surface area contributed by atoms with Crippen LogP contribution in [0, 0.1) is 5.92 Å². The van der Waals surface area contributed by atoms with Gasteiger partial charge in [-0.3, -0.25) is 10.1 Å². The van der Waals surface area contributed by atoms with Gasteiger partial charge in [-0.15, -0.1) is 0 Å². The van der Waals surface area contributed by atoms with Crippen molar-refractivity contribution in [3.63, 3.8) is 0 Å². The van der Waals surface area contributed by atoms with Crippen molar-refractivity contribution in [2.45, 2.75) is 25.4 Å². The maximum Gasteiger partial charge on any atom is 0.320 e. The maximum atomic E-state index is 11.1. The number of benzene rings is 1. The predicted molar refractivity (Wildman–Crippen MR) is 70.7 cm³/mol. The van der Waals surface area contributed by atoms with Gasteiger partial charge >= 0.3 is 5.97 Å². The SMILES string of the molecule is COc1cc(Cl)cc(CNC(C(=O)O)C2CC2)c1O. The molecule has 0 bridgehead atoms. The molecule has 104 valence electrons. The van der Waals surface area contributed by atoms with Crippen molar-refractivity contribution in [3.05, 3.63) is 22.7 Å². The molecule has 3 N–H and O–H groups in total. The molecule has 19 heavy (non-hydrogen) atoms. The van der Waals surface area contributed by atoms with Crippen molar-refractivity contribution in [1.29, 1.82) is 0 Å². The largest absolute Gasteiger partial charge is 0.504 e. The second-order valence-electron chi connectivity index (χ2n) is 4.65. The molecule has 0 saturated heterocycles. The van der Waals surface area contributed by atoms with Crippen molar-refractivity contribution in [2.24, 2.45) is 5.92 Å². The van der Waals surface area contributed by atoms with Crippen LogP contribution in [0.15, 0.2) is 12.1 Å². The number of methoxy groups -OCH3 is 1. The highest BCUT2D eigenvalue weighted by Gasteiger charge is 2.35. The molecule has 0 heterocycles. The van der Waals surface area contributed by atoms with Crippen LogP contribution in [0.5, 0.6) is 11.5 Å². The molecule has 1 fully saturated rings. The van der Waals surface area contributed by atoms with Crippen LogP contribution in [0.1, 0.15) is 18.4 Å². The normalized spacial score (nSPS) is 16.1. The summed E-state index contributed by atoms with van der Waals surface area (Å²) in [4.78, 5) is 11.1. The fourth-order valence-corrected chi connectivity index (χ4v) is 2.25. The number of halogens is 1. The summed E-state index contributed by atoms with van der Waals surface area (Å²) in [5.41, 5.74) is 0.524. The van der Waals surface area contributed by atoms with Crippen molar-refractivity contribution in [2.75, 3.05) is 7.11 Å². The number of ether oxygens (including phenoxy) is 1. The van der Waals surface area contributed by atoms with E-state index in [1.165, 1.54) is 13.2 Å². The van der Waals surface area contributed by atoms with Crippen molar-refractivity contribution >= 4 is 17.6 Å². The van der Waals surface area contributed by atoms with E-state index in [1.807, 2.05) is 0 Å². The zero-order valence-electron chi connectivity index (χ0n) is 10.5. The van der Waals surface area contributed by atoms with Crippen LogP contribution in [0.25, 0.3) is 0 Å². The highest BCUT2D eigenvalue weighted by atomic mass is 35.5. The number of carboxylic acid groups (broad SMARTS) is 1. The van der Waals surface area contributed by atoms with E-state index in [-0.39, 0.29) is 24.0 Å². The molecule has 1 atom stereocenters.